The van der Waals surface area contributed by atoms with Gasteiger partial charge >= 0.3 is 0 Å². The summed E-state index contributed by atoms with van der Waals surface area (Å²) in [4.78, 5) is 0. The van der Waals surface area contributed by atoms with E-state index in [1.54, 1.807) is 5.56 Å². The maximum Gasteiger partial charge on any atom is 0.000799 e. The molecule has 1 aliphatic rings. The lowest BCUT2D eigenvalue weighted by Gasteiger charge is -2.38. The highest BCUT2D eigenvalue weighted by Crippen LogP contribution is 2.39. The second kappa shape index (κ2) is 5.88. The summed E-state index contributed by atoms with van der Waals surface area (Å²) >= 11 is 0. The number of aryl methyl sites for hydroxylation is 2. The van der Waals surface area contributed by atoms with Gasteiger partial charge in [-0.05, 0) is 56.7 Å². The third-order valence-electron chi connectivity index (χ3n) is 4.54. The van der Waals surface area contributed by atoms with Gasteiger partial charge in [-0.2, -0.15) is 0 Å². The van der Waals surface area contributed by atoms with Gasteiger partial charge in [0.2, 0.25) is 0 Å². The minimum Gasteiger partial charge on any atom is -0.319 e. The first-order chi connectivity index (χ1) is 8.65. The number of nitrogens with one attached hydrogen (secondary N) is 1. The van der Waals surface area contributed by atoms with Gasteiger partial charge in [-0.1, -0.05) is 43.0 Å². The Hall–Kier alpha value is -0.820. The molecule has 0 saturated heterocycles. The lowest BCUT2D eigenvalue weighted by Crippen LogP contribution is -2.36. The average Bonchev–Trinajstić information content (AvgIpc) is 2.35. The fraction of sp³-hybridized carbons (Fsp3) is 0.647. The third kappa shape index (κ3) is 3.14. The molecule has 0 aromatic heterocycles. The van der Waals surface area contributed by atoms with Crippen molar-refractivity contribution in [2.45, 2.75) is 52.4 Å². The Balaban J connectivity index is 2.19. The molecular weight excluding hydrogens is 218 g/mol. The van der Waals surface area contributed by atoms with E-state index < -0.39 is 0 Å². The summed E-state index contributed by atoms with van der Waals surface area (Å²) in [6.07, 6.45) is 8.28. The lowest BCUT2D eigenvalue weighted by molar-refractivity contribution is 0.184. The van der Waals surface area contributed by atoms with Crippen molar-refractivity contribution in [2.24, 2.45) is 5.41 Å². The van der Waals surface area contributed by atoms with Crippen LogP contribution in [0, 0.1) is 19.3 Å². The molecule has 0 unspecified atom stereocenters. The first-order valence-corrected chi connectivity index (χ1v) is 7.36. The molecule has 1 N–H and O–H groups in total. The van der Waals surface area contributed by atoms with Crippen molar-refractivity contribution in [1.82, 2.24) is 5.32 Å². The molecule has 0 amide bonds. The molecule has 1 heteroatoms. The predicted octanol–water partition coefficient (Wildman–Crippen LogP) is 4.02. The Labute approximate surface area is 112 Å². The van der Waals surface area contributed by atoms with E-state index in [0.29, 0.717) is 5.41 Å². The minimum absolute atomic E-state index is 0.506. The number of hydrogen-bond acceptors (Lipinski definition) is 1. The van der Waals surface area contributed by atoms with Crippen molar-refractivity contribution in [1.29, 1.82) is 0 Å². The third-order valence-corrected chi connectivity index (χ3v) is 4.54. The summed E-state index contributed by atoms with van der Waals surface area (Å²) in [5.41, 5.74) is 4.92. The summed E-state index contributed by atoms with van der Waals surface area (Å²) in [5, 5.41) is 3.43. The number of hydrogen-bond donors (Lipinski definition) is 1. The minimum atomic E-state index is 0.506. The Morgan fingerprint density at radius 2 is 1.83 bits per heavy atom. The van der Waals surface area contributed by atoms with E-state index >= 15 is 0 Å². The molecule has 1 aromatic rings. The molecule has 1 aromatic carbocycles. The van der Waals surface area contributed by atoms with E-state index in [2.05, 4.69) is 44.4 Å². The molecule has 1 nitrogen and oxygen atoms in total. The monoisotopic (exact) mass is 245 g/mol. The van der Waals surface area contributed by atoms with Crippen molar-refractivity contribution < 1.29 is 0 Å². The Bertz CT molecular complexity index is 383. The van der Waals surface area contributed by atoms with Crippen LogP contribution in [0.2, 0.25) is 0 Å². The number of rotatable bonds is 4. The smallest absolute Gasteiger partial charge is 0.000799 e. The van der Waals surface area contributed by atoms with Crippen molar-refractivity contribution in [3.05, 3.63) is 34.9 Å². The van der Waals surface area contributed by atoms with Crippen molar-refractivity contribution >= 4 is 0 Å². The highest BCUT2D eigenvalue weighted by atomic mass is 14.8. The maximum atomic E-state index is 3.43. The largest absolute Gasteiger partial charge is 0.319 e. The van der Waals surface area contributed by atoms with E-state index in [4.69, 9.17) is 0 Å². The Morgan fingerprint density at radius 1 is 1.11 bits per heavy atom. The zero-order chi connectivity index (χ0) is 13.0. The van der Waals surface area contributed by atoms with Crippen molar-refractivity contribution in [2.75, 3.05) is 13.6 Å². The summed E-state index contributed by atoms with van der Waals surface area (Å²) in [5.74, 6) is 0. The fourth-order valence-electron chi connectivity index (χ4n) is 3.49. The van der Waals surface area contributed by atoms with Crippen LogP contribution in [0.5, 0.6) is 0 Å². The normalized spacial score (nSPS) is 18.8. The summed E-state index contributed by atoms with van der Waals surface area (Å²) < 4.78 is 0. The highest BCUT2D eigenvalue weighted by Gasteiger charge is 2.31. The SMILES string of the molecule is CNCC1(Cc2cc(C)ccc2C)CCCCC1. The van der Waals surface area contributed by atoms with Gasteiger partial charge in [0.25, 0.3) is 0 Å². The van der Waals surface area contributed by atoms with E-state index in [1.807, 2.05) is 0 Å². The first-order valence-electron chi connectivity index (χ1n) is 7.36. The van der Waals surface area contributed by atoms with Crippen molar-refractivity contribution in [3.8, 4) is 0 Å². The van der Waals surface area contributed by atoms with Gasteiger partial charge in [-0.15, -0.1) is 0 Å². The van der Waals surface area contributed by atoms with Crippen LogP contribution in [-0.4, -0.2) is 13.6 Å². The molecular formula is C17H27N. The van der Waals surface area contributed by atoms with E-state index in [9.17, 15) is 0 Å². The maximum absolute atomic E-state index is 3.43. The van der Waals surface area contributed by atoms with Crippen LogP contribution >= 0.6 is 0 Å². The standard InChI is InChI=1S/C17H27N/c1-14-7-8-15(2)16(11-14)12-17(13-18-3)9-5-4-6-10-17/h7-8,11,18H,4-6,9-10,12-13H2,1-3H3. The number of benzene rings is 1. The molecule has 0 heterocycles. The van der Waals surface area contributed by atoms with E-state index in [0.717, 1.165) is 0 Å². The quantitative estimate of drug-likeness (QED) is 0.845. The molecule has 1 aliphatic carbocycles. The summed E-state index contributed by atoms with van der Waals surface area (Å²) in [7, 11) is 2.10. The highest BCUT2D eigenvalue weighted by molar-refractivity contribution is 5.31. The molecule has 0 spiro atoms. The van der Waals surface area contributed by atoms with Crippen LogP contribution in [0.1, 0.15) is 48.8 Å². The van der Waals surface area contributed by atoms with Gasteiger partial charge in [0.05, 0.1) is 0 Å². The van der Waals surface area contributed by atoms with Gasteiger partial charge in [0, 0.05) is 6.54 Å². The zero-order valence-corrected chi connectivity index (χ0v) is 12.2. The zero-order valence-electron chi connectivity index (χ0n) is 12.2. The molecule has 18 heavy (non-hydrogen) atoms. The summed E-state index contributed by atoms with van der Waals surface area (Å²) in [6.45, 7) is 5.62. The Morgan fingerprint density at radius 3 is 2.50 bits per heavy atom. The van der Waals surface area contributed by atoms with Gasteiger partial charge in [0.1, 0.15) is 0 Å². The van der Waals surface area contributed by atoms with Crippen LogP contribution in [-0.2, 0) is 6.42 Å². The van der Waals surface area contributed by atoms with Gasteiger partial charge in [0.15, 0.2) is 0 Å². The van der Waals surface area contributed by atoms with Crippen LogP contribution in [0.3, 0.4) is 0 Å². The van der Waals surface area contributed by atoms with Gasteiger partial charge in [-0.25, -0.2) is 0 Å². The predicted molar refractivity (Wildman–Crippen MR) is 79.1 cm³/mol. The molecule has 100 valence electrons. The molecule has 0 atom stereocenters. The van der Waals surface area contributed by atoms with E-state index in [1.165, 1.54) is 56.2 Å². The molecule has 1 fully saturated rings. The van der Waals surface area contributed by atoms with Crippen LogP contribution in [0.15, 0.2) is 18.2 Å². The molecule has 2 rings (SSSR count). The topological polar surface area (TPSA) is 12.0 Å². The van der Waals surface area contributed by atoms with Crippen LogP contribution < -0.4 is 5.32 Å². The lowest BCUT2D eigenvalue weighted by atomic mass is 9.70. The Kier molecular flexibility index (Phi) is 4.45. The molecule has 1 saturated carbocycles. The molecule has 0 radical (unpaired) electrons. The van der Waals surface area contributed by atoms with E-state index in [-0.39, 0.29) is 0 Å². The second-order valence-electron chi connectivity index (χ2n) is 6.20. The van der Waals surface area contributed by atoms with Gasteiger partial charge in [-0.3, -0.25) is 0 Å². The van der Waals surface area contributed by atoms with Gasteiger partial charge < -0.3 is 5.32 Å². The molecule has 0 bridgehead atoms. The summed E-state index contributed by atoms with van der Waals surface area (Å²) in [6, 6.07) is 6.90. The van der Waals surface area contributed by atoms with Crippen molar-refractivity contribution in [3.63, 3.8) is 0 Å². The van der Waals surface area contributed by atoms with Crippen LogP contribution in [0.25, 0.3) is 0 Å². The average molecular weight is 245 g/mol. The molecule has 0 aliphatic heterocycles. The fourth-order valence-corrected chi connectivity index (χ4v) is 3.49. The van der Waals surface area contributed by atoms with Crippen LogP contribution in [0.4, 0.5) is 0 Å². The first kappa shape index (κ1) is 13.6. The second-order valence-corrected chi connectivity index (χ2v) is 6.20.